The molecule has 2 heterocycles. The quantitative estimate of drug-likeness (QED) is 0.505. The van der Waals surface area contributed by atoms with Gasteiger partial charge in [0.15, 0.2) is 5.96 Å². The van der Waals surface area contributed by atoms with Gasteiger partial charge in [0, 0.05) is 65.4 Å². The Bertz CT molecular complexity index is 695. The highest BCUT2D eigenvalue weighted by molar-refractivity contribution is 5.80. The van der Waals surface area contributed by atoms with Crippen molar-refractivity contribution in [2.24, 2.45) is 4.99 Å². The molecule has 2 saturated heterocycles. The van der Waals surface area contributed by atoms with E-state index in [9.17, 15) is 4.79 Å². The number of aliphatic imine (C=N–C) groups is 1. The molecule has 31 heavy (non-hydrogen) atoms. The van der Waals surface area contributed by atoms with Gasteiger partial charge in [-0.3, -0.25) is 19.6 Å². The number of benzene rings is 1. The minimum atomic E-state index is 0.294. The Morgan fingerprint density at radius 3 is 2.39 bits per heavy atom. The minimum absolute atomic E-state index is 0.294. The second-order valence-corrected chi connectivity index (χ2v) is 8.86. The first kappa shape index (κ1) is 23.5. The Balaban J connectivity index is 1.35. The van der Waals surface area contributed by atoms with E-state index >= 15 is 0 Å². The van der Waals surface area contributed by atoms with Crippen LogP contribution in [0, 0.1) is 0 Å². The summed E-state index contributed by atoms with van der Waals surface area (Å²) < 4.78 is 0. The van der Waals surface area contributed by atoms with Gasteiger partial charge in [0.05, 0.1) is 6.54 Å². The number of nitrogens with zero attached hydrogens (tertiary/aromatic N) is 5. The van der Waals surface area contributed by atoms with Crippen LogP contribution in [0.15, 0.2) is 35.3 Å². The largest absolute Gasteiger partial charge is 0.356 e. The maximum atomic E-state index is 12.4. The first-order valence-electron chi connectivity index (χ1n) is 11.8. The number of hydrogen-bond donors (Lipinski definition) is 1. The average molecular weight is 429 g/mol. The number of piperazine rings is 1. The molecule has 7 nitrogen and oxygen atoms in total. The van der Waals surface area contributed by atoms with Crippen molar-refractivity contribution in [3.05, 3.63) is 35.9 Å². The molecular formula is C24H40N6O. The number of amides is 1. The maximum Gasteiger partial charge on any atom is 0.236 e. The number of carbonyl (C=O) groups excluding carboxylic acids is 1. The molecule has 172 valence electrons. The van der Waals surface area contributed by atoms with E-state index in [4.69, 9.17) is 0 Å². The van der Waals surface area contributed by atoms with Crippen molar-refractivity contribution in [2.75, 3.05) is 66.5 Å². The molecule has 2 aliphatic heterocycles. The fourth-order valence-corrected chi connectivity index (χ4v) is 4.35. The SMILES string of the molecule is CN=C(NCCC(C)N(C)Cc1ccccc1)N1CCN(CC(=O)N2CCCC2)CC1. The second kappa shape index (κ2) is 12.1. The minimum Gasteiger partial charge on any atom is -0.356 e. The third kappa shape index (κ3) is 7.21. The summed E-state index contributed by atoms with van der Waals surface area (Å²) in [5.41, 5.74) is 1.35. The molecule has 2 aliphatic rings. The van der Waals surface area contributed by atoms with Crippen molar-refractivity contribution in [1.29, 1.82) is 0 Å². The topological polar surface area (TPSA) is 54.4 Å². The molecule has 0 radical (unpaired) electrons. The molecule has 1 aromatic rings. The van der Waals surface area contributed by atoms with Crippen LogP contribution in [0.2, 0.25) is 0 Å². The molecule has 0 saturated carbocycles. The Morgan fingerprint density at radius 2 is 1.74 bits per heavy atom. The fourth-order valence-electron chi connectivity index (χ4n) is 4.35. The number of rotatable bonds is 8. The van der Waals surface area contributed by atoms with E-state index in [1.54, 1.807) is 0 Å². The van der Waals surface area contributed by atoms with Crippen LogP contribution in [0.1, 0.15) is 31.7 Å². The van der Waals surface area contributed by atoms with Crippen LogP contribution in [0.4, 0.5) is 0 Å². The van der Waals surface area contributed by atoms with Gasteiger partial charge in [0.25, 0.3) is 0 Å². The zero-order chi connectivity index (χ0) is 22.1. The first-order chi connectivity index (χ1) is 15.1. The molecule has 0 bridgehead atoms. The zero-order valence-corrected chi connectivity index (χ0v) is 19.6. The smallest absolute Gasteiger partial charge is 0.236 e. The lowest BCUT2D eigenvalue weighted by molar-refractivity contribution is -0.131. The van der Waals surface area contributed by atoms with Crippen LogP contribution in [0.5, 0.6) is 0 Å². The van der Waals surface area contributed by atoms with Crippen molar-refractivity contribution in [2.45, 2.75) is 38.8 Å². The number of guanidine groups is 1. The summed E-state index contributed by atoms with van der Waals surface area (Å²) in [6.45, 7) is 10.2. The number of likely N-dealkylation sites (tertiary alicyclic amines) is 1. The van der Waals surface area contributed by atoms with Gasteiger partial charge in [0.1, 0.15) is 0 Å². The zero-order valence-electron chi connectivity index (χ0n) is 19.6. The van der Waals surface area contributed by atoms with Crippen LogP contribution in [0.25, 0.3) is 0 Å². The van der Waals surface area contributed by atoms with Gasteiger partial charge in [-0.05, 0) is 38.8 Å². The second-order valence-electron chi connectivity index (χ2n) is 8.86. The molecule has 1 N–H and O–H groups in total. The lowest BCUT2D eigenvalue weighted by Crippen LogP contribution is -2.54. The van der Waals surface area contributed by atoms with Crippen molar-refractivity contribution in [3.8, 4) is 0 Å². The predicted octanol–water partition coefficient (Wildman–Crippen LogP) is 1.71. The van der Waals surface area contributed by atoms with Crippen molar-refractivity contribution >= 4 is 11.9 Å². The van der Waals surface area contributed by atoms with Crippen molar-refractivity contribution in [3.63, 3.8) is 0 Å². The summed E-state index contributed by atoms with van der Waals surface area (Å²) in [6.07, 6.45) is 3.37. The molecule has 1 aromatic carbocycles. The molecular weight excluding hydrogens is 388 g/mol. The monoisotopic (exact) mass is 428 g/mol. The van der Waals surface area contributed by atoms with E-state index in [0.717, 1.165) is 77.6 Å². The third-order valence-corrected chi connectivity index (χ3v) is 6.57. The van der Waals surface area contributed by atoms with E-state index in [1.165, 1.54) is 5.56 Å². The molecule has 7 heteroatoms. The van der Waals surface area contributed by atoms with Gasteiger partial charge in [-0.1, -0.05) is 30.3 Å². The average Bonchev–Trinajstić information content (AvgIpc) is 3.33. The van der Waals surface area contributed by atoms with Gasteiger partial charge in [-0.25, -0.2) is 0 Å². The van der Waals surface area contributed by atoms with Crippen molar-refractivity contribution < 1.29 is 4.79 Å². The molecule has 1 unspecified atom stereocenters. The van der Waals surface area contributed by atoms with Crippen LogP contribution in [-0.2, 0) is 11.3 Å². The Kier molecular flexibility index (Phi) is 9.15. The molecule has 2 fully saturated rings. The molecule has 1 amide bonds. The summed E-state index contributed by atoms with van der Waals surface area (Å²) in [5.74, 6) is 1.27. The lowest BCUT2D eigenvalue weighted by Gasteiger charge is -2.36. The number of nitrogens with one attached hydrogen (secondary N) is 1. The van der Waals surface area contributed by atoms with Crippen LogP contribution >= 0.6 is 0 Å². The lowest BCUT2D eigenvalue weighted by atomic mass is 10.1. The summed E-state index contributed by atoms with van der Waals surface area (Å²) >= 11 is 0. The highest BCUT2D eigenvalue weighted by atomic mass is 16.2. The van der Waals surface area contributed by atoms with Gasteiger partial charge >= 0.3 is 0 Å². The van der Waals surface area contributed by atoms with E-state index < -0.39 is 0 Å². The number of hydrogen-bond acceptors (Lipinski definition) is 4. The highest BCUT2D eigenvalue weighted by Crippen LogP contribution is 2.10. The Hall–Kier alpha value is -2.12. The maximum absolute atomic E-state index is 12.4. The van der Waals surface area contributed by atoms with E-state index in [-0.39, 0.29) is 0 Å². The Morgan fingerprint density at radius 1 is 1.06 bits per heavy atom. The molecule has 1 atom stereocenters. The molecule has 0 aromatic heterocycles. The normalized spacial score (nSPS) is 19.2. The van der Waals surface area contributed by atoms with Gasteiger partial charge in [-0.2, -0.15) is 0 Å². The highest BCUT2D eigenvalue weighted by Gasteiger charge is 2.24. The predicted molar refractivity (Wildman–Crippen MR) is 127 cm³/mol. The van der Waals surface area contributed by atoms with E-state index in [2.05, 4.69) is 69.3 Å². The Labute approximate surface area is 188 Å². The summed E-state index contributed by atoms with van der Waals surface area (Å²) in [7, 11) is 4.05. The van der Waals surface area contributed by atoms with Crippen molar-refractivity contribution in [1.82, 2.24) is 24.9 Å². The van der Waals surface area contributed by atoms with Gasteiger partial charge < -0.3 is 15.1 Å². The van der Waals surface area contributed by atoms with Gasteiger partial charge in [-0.15, -0.1) is 0 Å². The van der Waals surface area contributed by atoms with Crippen LogP contribution in [-0.4, -0.2) is 104 Å². The molecule has 0 aliphatic carbocycles. The molecule has 3 rings (SSSR count). The van der Waals surface area contributed by atoms with Gasteiger partial charge in [0.2, 0.25) is 5.91 Å². The van der Waals surface area contributed by atoms with Crippen LogP contribution in [0.3, 0.4) is 0 Å². The standard InChI is InChI=1S/C24H40N6O/c1-21(27(3)19-22-9-5-4-6-10-22)11-12-26-24(25-2)30-17-15-28(16-18-30)20-23(31)29-13-7-8-14-29/h4-6,9-10,21H,7-8,11-20H2,1-3H3,(H,25,26). The summed E-state index contributed by atoms with van der Waals surface area (Å²) in [4.78, 5) is 25.9. The number of carbonyl (C=O) groups is 1. The van der Waals surface area contributed by atoms with E-state index in [0.29, 0.717) is 18.5 Å². The fraction of sp³-hybridized carbons (Fsp3) is 0.667. The van der Waals surface area contributed by atoms with Crippen LogP contribution < -0.4 is 5.32 Å². The van der Waals surface area contributed by atoms with E-state index in [1.807, 2.05) is 11.9 Å². The third-order valence-electron chi connectivity index (χ3n) is 6.57. The summed E-state index contributed by atoms with van der Waals surface area (Å²) in [5, 5.41) is 3.54. The first-order valence-corrected chi connectivity index (χ1v) is 11.8. The molecule has 0 spiro atoms. The summed E-state index contributed by atoms with van der Waals surface area (Å²) in [6, 6.07) is 11.1.